The van der Waals surface area contributed by atoms with Crippen LogP contribution in [0.2, 0.25) is 0 Å². The number of hydrogen-bond acceptors (Lipinski definition) is 17. The van der Waals surface area contributed by atoms with Gasteiger partial charge < -0.3 is 54.1 Å². The molecule has 3 rings (SSSR count). The van der Waals surface area contributed by atoms with Crippen LogP contribution in [-0.2, 0) is 36.7 Å². The summed E-state index contributed by atoms with van der Waals surface area (Å²) in [6.45, 7) is -1.89. The third-order valence-corrected chi connectivity index (χ3v) is 7.92. The largest absolute Gasteiger partial charge is 1.00 e. The van der Waals surface area contributed by atoms with Crippen molar-refractivity contribution in [1.29, 1.82) is 0 Å². The van der Waals surface area contributed by atoms with Gasteiger partial charge in [0.25, 0.3) is 21.2 Å². The van der Waals surface area contributed by atoms with E-state index in [4.69, 9.17) is 14.2 Å². The Balaban J connectivity index is 0.00000380. The molecular weight excluding hydrogens is 600 g/mol. The smallest absolute Gasteiger partial charge is 0.756 e. The van der Waals surface area contributed by atoms with Gasteiger partial charge in [-0.3, -0.25) is 28.0 Å². The molecule has 3 heterocycles. The molecule has 0 bridgehead atoms. The molecule has 23 heteroatoms. The molecule has 0 saturated carbocycles. The van der Waals surface area contributed by atoms with Gasteiger partial charge in [-0.1, -0.05) is 0 Å². The van der Waals surface area contributed by atoms with E-state index in [2.05, 4.69) is 13.4 Å². The predicted molar refractivity (Wildman–Crippen MR) is 109 cm³/mol. The van der Waals surface area contributed by atoms with Crippen molar-refractivity contribution in [2.24, 2.45) is 0 Å². The molecule has 39 heavy (non-hydrogen) atoms. The van der Waals surface area contributed by atoms with Gasteiger partial charge in [-0.2, -0.15) is 0 Å². The van der Waals surface area contributed by atoms with E-state index in [-0.39, 0.29) is 59.1 Å². The third kappa shape index (κ3) is 9.30. The van der Waals surface area contributed by atoms with Crippen LogP contribution >= 0.6 is 15.6 Å². The van der Waals surface area contributed by atoms with Gasteiger partial charge in [-0.15, -0.1) is 0 Å². The summed E-state index contributed by atoms with van der Waals surface area (Å²) in [5.74, 6) is 0. The Morgan fingerprint density at radius 1 is 1.00 bits per heavy atom. The fraction of sp³-hybridized carbons (Fsp3) is 0.750. The number of nitrogens with one attached hydrogen (secondary N) is 1. The Kier molecular flexibility index (Phi) is 14.8. The summed E-state index contributed by atoms with van der Waals surface area (Å²) in [4.78, 5) is 49.1. The summed E-state index contributed by atoms with van der Waals surface area (Å²) in [7, 11) is -10.5. The van der Waals surface area contributed by atoms with E-state index in [1.807, 2.05) is 4.98 Å². The summed E-state index contributed by atoms with van der Waals surface area (Å²) >= 11 is 0. The average Bonchev–Trinajstić information content (AvgIpc) is 3.08. The second-order valence-electron chi connectivity index (χ2n) is 7.85. The number of phosphoric ester groups is 2. The van der Waals surface area contributed by atoms with E-state index in [1.54, 1.807) is 0 Å². The number of phosphoric acid groups is 2. The quantitative estimate of drug-likeness (QED) is 0.104. The standard InChI is InChI=1S/C16H26N2O17P2.2Na/c1-30-13-6(4-19)33-15(12(24)10(13)22)34-37(28,29)35-36(26,27)31-5-7-9(21)11(23)14(32-7)18-3-2-8(20)17-16(18)25;;/h2-3,6-7,9-15,19,21-24H,4-5H2,1H3,(H,26,27)(H,28,29)(H,17,20,25);;/q;2*+1/p-2/t6?,7-,9-,10?,11-,12?,13?,14-,15?;;/m1../s1. The summed E-state index contributed by atoms with van der Waals surface area (Å²) in [5, 5.41) is 49.6. The molecular formula is C16H24N2Na2O17P2. The molecule has 1 aromatic rings. The van der Waals surface area contributed by atoms with Gasteiger partial charge in [-0.05, 0) is 0 Å². The van der Waals surface area contributed by atoms with Crippen LogP contribution in [0, 0.1) is 0 Å². The van der Waals surface area contributed by atoms with Crippen molar-refractivity contribution < 1.29 is 131 Å². The maximum absolute atomic E-state index is 12.1. The van der Waals surface area contributed by atoms with Crippen LogP contribution in [0.5, 0.6) is 0 Å². The number of hydrogen-bond donors (Lipinski definition) is 6. The van der Waals surface area contributed by atoms with Gasteiger partial charge in [0.05, 0.1) is 13.2 Å². The first-order chi connectivity index (χ1) is 17.2. The Hall–Kier alpha value is 0.620. The van der Waals surface area contributed by atoms with Crippen molar-refractivity contribution >= 4 is 15.6 Å². The molecule has 2 saturated heterocycles. The minimum Gasteiger partial charge on any atom is -0.756 e. The molecule has 7 unspecified atom stereocenters. The van der Waals surface area contributed by atoms with E-state index >= 15 is 0 Å². The molecule has 11 atom stereocenters. The average molecular weight is 624 g/mol. The van der Waals surface area contributed by atoms with Crippen LogP contribution in [0.15, 0.2) is 21.9 Å². The van der Waals surface area contributed by atoms with Crippen molar-refractivity contribution in [3.8, 4) is 0 Å². The van der Waals surface area contributed by atoms with Crippen LogP contribution in [-0.4, -0.2) is 104 Å². The zero-order valence-electron chi connectivity index (χ0n) is 20.7. The first-order valence-electron chi connectivity index (χ1n) is 10.3. The number of methoxy groups -OCH3 is 1. The zero-order valence-corrected chi connectivity index (χ0v) is 26.5. The van der Waals surface area contributed by atoms with Gasteiger partial charge >= 0.3 is 64.8 Å². The number of aliphatic hydroxyl groups excluding tert-OH is 5. The summed E-state index contributed by atoms with van der Waals surface area (Å²) in [5.41, 5.74) is -1.76. The summed E-state index contributed by atoms with van der Waals surface area (Å²) in [6.07, 6.45) is -14.6. The maximum Gasteiger partial charge on any atom is 1.00 e. The summed E-state index contributed by atoms with van der Waals surface area (Å²) in [6, 6.07) is 0.920. The maximum atomic E-state index is 12.1. The van der Waals surface area contributed by atoms with Gasteiger partial charge in [-0.25, -0.2) is 9.11 Å². The van der Waals surface area contributed by atoms with Crippen molar-refractivity contribution in [3.63, 3.8) is 0 Å². The summed E-state index contributed by atoms with van der Waals surface area (Å²) < 4.78 is 52.6. The van der Waals surface area contributed by atoms with E-state index in [0.717, 1.165) is 19.4 Å². The van der Waals surface area contributed by atoms with E-state index in [1.165, 1.54) is 0 Å². The Morgan fingerprint density at radius 3 is 2.21 bits per heavy atom. The van der Waals surface area contributed by atoms with Crippen LogP contribution in [0.4, 0.5) is 0 Å². The third-order valence-electron chi connectivity index (χ3n) is 5.39. The first kappa shape index (κ1) is 37.6. The van der Waals surface area contributed by atoms with Crippen LogP contribution in [0.3, 0.4) is 0 Å². The normalized spacial score (nSPS) is 35.7. The molecule has 2 aliphatic rings. The van der Waals surface area contributed by atoms with E-state index < -0.39 is 95.4 Å². The van der Waals surface area contributed by atoms with Crippen molar-refractivity contribution in [1.82, 2.24) is 9.55 Å². The van der Waals surface area contributed by atoms with Crippen molar-refractivity contribution in [3.05, 3.63) is 33.1 Å². The number of rotatable bonds is 10. The number of aromatic amines is 1. The molecule has 0 aliphatic carbocycles. The second-order valence-corrected chi connectivity index (χ2v) is 10.8. The van der Waals surface area contributed by atoms with Crippen LogP contribution in [0.25, 0.3) is 0 Å². The Bertz CT molecular complexity index is 1150. The molecule has 0 radical (unpaired) electrons. The molecule has 0 amide bonds. The molecule has 0 spiro atoms. The topological polar surface area (TPSA) is 292 Å². The monoisotopic (exact) mass is 624 g/mol. The Morgan fingerprint density at radius 2 is 1.64 bits per heavy atom. The molecule has 0 aromatic carbocycles. The minimum absolute atomic E-state index is 0. The fourth-order valence-electron chi connectivity index (χ4n) is 3.61. The van der Waals surface area contributed by atoms with Crippen LogP contribution < -0.4 is 80.2 Å². The molecule has 19 nitrogen and oxygen atoms in total. The number of H-pyrrole nitrogens is 1. The van der Waals surface area contributed by atoms with Crippen LogP contribution in [0.1, 0.15) is 6.23 Å². The molecule has 1 aromatic heterocycles. The minimum atomic E-state index is -5.87. The molecule has 2 aliphatic heterocycles. The molecule has 212 valence electrons. The number of nitrogens with zero attached hydrogens (tertiary/aromatic N) is 1. The first-order valence-corrected chi connectivity index (χ1v) is 13.3. The van der Waals surface area contributed by atoms with Gasteiger partial charge in [0, 0.05) is 19.4 Å². The van der Waals surface area contributed by atoms with Gasteiger partial charge in [0.15, 0.2) is 12.5 Å². The number of aliphatic hydroxyl groups is 5. The Labute approximate surface area is 263 Å². The fourth-order valence-corrected chi connectivity index (χ4v) is 5.69. The van der Waals surface area contributed by atoms with Crippen molar-refractivity contribution in [2.45, 2.75) is 55.2 Å². The van der Waals surface area contributed by atoms with E-state index in [9.17, 15) is 54.0 Å². The second kappa shape index (κ2) is 15.4. The molecule has 6 N–H and O–H groups in total. The predicted octanol–water partition coefficient (Wildman–Crippen LogP) is -11.4. The molecule has 2 fully saturated rings. The number of aromatic nitrogens is 2. The van der Waals surface area contributed by atoms with Crippen molar-refractivity contribution in [2.75, 3.05) is 20.3 Å². The van der Waals surface area contributed by atoms with Gasteiger partial charge in [0.2, 0.25) is 0 Å². The van der Waals surface area contributed by atoms with Gasteiger partial charge in [0.1, 0.15) is 42.7 Å². The SMILES string of the molecule is COC1C(CO)OC(OP(=O)([O-])OP(=O)([O-])OC[C@H]2O[C@@H](n3ccc(=O)[nH]c3=O)[C@H](O)[C@@H]2O)C(O)C1O.[Na+].[Na+]. The number of ether oxygens (including phenoxy) is 3. The van der Waals surface area contributed by atoms with E-state index in [0.29, 0.717) is 4.57 Å². The zero-order chi connectivity index (χ0) is 27.7.